The van der Waals surface area contributed by atoms with Crippen LogP contribution in [0.4, 0.5) is 0 Å². The van der Waals surface area contributed by atoms with Gasteiger partial charge in [-0.2, -0.15) is 8.42 Å². The summed E-state index contributed by atoms with van der Waals surface area (Å²) in [6.07, 6.45) is 0. The van der Waals surface area contributed by atoms with Crippen molar-refractivity contribution in [3.05, 3.63) is 0 Å². The molecule has 0 bridgehead atoms. The topological polar surface area (TPSA) is 91.7 Å². The molecule has 0 spiro atoms. The summed E-state index contributed by atoms with van der Waals surface area (Å²) < 4.78 is 40.0. The summed E-state index contributed by atoms with van der Waals surface area (Å²) in [7, 11) is -0.458. The van der Waals surface area contributed by atoms with Gasteiger partial charge in [0, 0.05) is 48.9 Å². The summed E-state index contributed by atoms with van der Waals surface area (Å²) in [5, 5.41) is 0. The first kappa shape index (κ1) is 23.0. The van der Waals surface area contributed by atoms with Crippen LogP contribution in [0.25, 0.3) is 0 Å². The maximum absolute atomic E-state index is 8.74. The van der Waals surface area contributed by atoms with Gasteiger partial charge in [0.05, 0.1) is 0 Å². The Labute approximate surface area is 123 Å². The minimum atomic E-state index is -4.67. The van der Waals surface area contributed by atoms with Crippen LogP contribution in [0.1, 0.15) is 0 Å². The van der Waals surface area contributed by atoms with Crippen LogP contribution in [-0.2, 0) is 48.8 Å². The maximum atomic E-state index is 8.74. The van der Waals surface area contributed by atoms with Crippen molar-refractivity contribution in [2.24, 2.45) is 0 Å². The van der Waals surface area contributed by atoms with E-state index < -0.39 is 10.4 Å². The van der Waals surface area contributed by atoms with E-state index in [0.29, 0.717) is 0 Å². The van der Waals surface area contributed by atoms with Crippen molar-refractivity contribution in [3.8, 4) is 0 Å². The summed E-state index contributed by atoms with van der Waals surface area (Å²) in [6, 6.07) is 0. The molecule has 0 fully saturated rings. The predicted molar refractivity (Wildman–Crippen MR) is 28.2 cm³/mol. The number of rotatable bonds is 0. The molecular weight excluding hydrogens is 412 g/mol. The molecular formula is H2BaO5S2Zn2. The Kier molecular flexibility index (Phi) is 40.7. The van der Waals surface area contributed by atoms with Crippen LogP contribution >= 0.6 is 10.1 Å². The van der Waals surface area contributed by atoms with Gasteiger partial charge in [-0.1, -0.05) is 0 Å². The molecule has 0 saturated heterocycles. The van der Waals surface area contributed by atoms with Crippen molar-refractivity contribution >= 4 is 69.4 Å². The third kappa shape index (κ3) is 138. The van der Waals surface area contributed by atoms with Crippen molar-refractivity contribution in [2.75, 3.05) is 0 Å². The summed E-state index contributed by atoms with van der Waals surface area (Å²) in [4.78, 5) is 0. The van der Waals surface area contributed by atoms with Gasteiger partial charge < -0.3 is 0 Å². The molecule has 0 unspecified atom stereocenters. The molecule has 0 rings (SSSR count). The van der Waals surface area contributed by atoms with Crippen LogP contribution < -0.4 is 0 Å². The molecule has 10 heteroatoms. The Balaban J connectivity index is -0.0000000315. The fraction of sp³-hybridized carbons (Fsp3) is 0. The van der Waals surface area contributed by atoms with Gasteiger partial charge >= 0.3 is 58.9 Å². The molecule has 2 radical (unpaired) electrons. The van der Waals surface area contributed by atoms with E-state index in [0.717, 1.165) is 16.6 Å². The SMILES string of the molecule is O=S(=O)(O)O.[Ba].[O]=[Zn].[S]=[Zn]. The molecule has 0 aromatic heterocycles. The Bertz CT molecular complexity index is 121. The van der Waals surface area contributed by atoms with E-state index in [-0.39, 0.29) is 67.1 Å². The standard InChI is InChI=1S/Ba.H2O4S.O.S.2Zn/c;1-5(2,3)4;;;;/h;(H2,1,2,3,4);;;;. The van der Waals surface area contributed by atoms with E-state index in [1.807, 2.05) is 0 Å². The van der Waals surface area contributed by atoms with Gasteiger partial charge in [0.2, 0.25) is 0 Å². The second-order valence-corrected chi connectivity index (χ2v) is 1.34. The zero-order valence-electron chi connectivity index (χ0n) is 5.06. The van der Waals surface area contributed by atoms with E-state index in [1.165, 1.54) is 0 Å². The Morgan fingerprint density at radius 2 is 1.10 bits per heavy atom. The molecule has 0 aromatic rings. The van der Waals surface area contributed by atoms with Gasteiger partial charge in [-0.3, -0.25) is 9.11 Å². The molecule has 10 heavy (non-hydrogen) atoms. The molecule has 0 aromatic carbocycles. The minimum absolute atomic E-state index is 0. The monoisotopic (exact) mass is 412 g/mol. The van der Waals surface area contributed by atoms with Gasteiger partial charge in [0.1, 0.15) is 0 Å². The molecule has 50 valence electrons. The van der Waals surface area contributed by atoms with E-state index >= 15 is 0 Å². The first-order valence-corrected chi connectivity index (χ1v) is 8.10. The molecule has 0 saturated carbocycles. The number of hydrogen-bond donors (Lipinski definition) is 2. The van der Waals surface area contributed by atoms with Crippen LogP contribution in [0.2, 0.25) is 0 Å². The van der Waals surface area contributed by atoms with Crippen LogP contribution in [0.5, 0.6) is 0 Å². The van der Waals surface area contributed by atoms with E-state index in [2.05, 4.69) is 10.1 Å². The predicted octanol–water partition coefficient (Wildman–Crippen LogP) is -0.509. The Morgan fingerprint density at radius 1 is 1.10 bits per heavy atom. The van der Waals surface area contributed by atoms with Crippen molar-refractivity contribution in [1.29, 1.82) is 0 Å². The summed E-state index contributed by atoms with van der Waals surface area (Å²) in [5.41, 5.74) is 0. The average molecular weight is 414 g/mol. The molecule has 0 amide bonds. The van der Waals surface area contributed by atoms with E-state index in [1.54, 1.807) is 0 Å². The van der Waals surface area contributed by atoms with Crippen LogP contribution in [0.3, 0.4) is 0 Å². The summed E-state index contributed by atoms with van der Waals surface area (Å²) in [5.74, 6) is 0. The van der Waals surface area contributed by atoms with Crippen LogP contribution in [0, 0.1) is 0 Å². The first-order valence-electron chi connectivity index (χ1n) is 1.28. The Hall–Kier alpha value is 2.71. The molecule has 0 aliphatic heterocycles. The normalized spacial score (nSPS) is 7.00. The summed E-state index contributed by atoms with van der Waals surface area (Å²) >= 11 is 1.08. The molecule has 0 aliphatic carbocycles. The van der Waals surface area contributed by atoms with Crippen LogP contribution in [-0.4, -0.2) is 66.4 Å². The van der Waals surface area contributed by atoms with Gasteiger partial charge in [-0.25, -0.2) is 0 Å². The van der Waals surface area contributed by atoms with E-state index in [9.17, 15) is 0 Å². The zero-order chi connectivity index (χ0) is 8.50. The second kappa shape index (κ2) is 17.7. The van der Waals surface area contributed by atoms with Crippen molar-refractivity contribution in [1.82, 2.24) is 0 Å². The molecule has 0 aliphatic rings. The van der Waals surface area contributed by atoms with Gasteiger partial charge in [-0.05, 0) is 0 Å². The molecule has 0 heterocycles. The quantitative estimate of drug-likeness (QED) is 0.410. The third-order valence-electron chi connectivity index (χ3n) is 0. The van der Waals surface area contributed by atoms with Crippen molar-refractivity contribution < 1.29 is 55.9 Å². The fourth-order valence-electron chi connectivity index (χ4n) is 0. The van der Waals surface area contributed by atoms with Gasteiger partial charge in [-0.15, -0.1) is 0 Å². The first-order chi connectivity index (χ1) is 4.00. The average Bonchev–Trinajstić information content (AvgIpc) is 1.72. The third-order valence-corrected chi connectivity index (χ3v) is 0. The summed E-state index contributed by atoms with van der Waals surface area (Å²) in [6.45, 7) is 0. The second-order valence-electron chi connectivity index (χ2n) is 0.448. The molecule has 0 atom stereocenters. The molecule has 2 N–H and O–H groups in total. The Morgan fingerprint density at radius 3 is 1.10 bits per heavy atom. The van der Waals surface area contributed by atoms with Crippen molar-refractivity contribution in [2.45, 2.75) is 0 Å². The fourth-order valence-corrected chi connectivity index (χ4v) is 0. The van der Waals surface area contributed by atoms with Gasteiger partial charge in [0.25, 0.3) is 0 Å². The van der Waals surface area contributed by atoms with Crippen LogP contribution in [0.15, 0.2) is 0 Å². The van der Waals surface area contributed by atoms with Gasteiger partial charge in [0.15, 0.2) is 0 Å². The van der Waals surface area contributed by atoms with Crippen molar-refractivity contribution in [3.63, 3.8) is 0 Å². The number of hydrogen-bond acceptors (Lipinski definition) is 4. The zero-order valence-corrected chi connectivity index (χ0v) is 17.1. The molecule has 5 nitrogen and oxygen atoms in total. The van der Waals surface area contributed by atoms with E-state index in [4.69, 9.17) is 21.1 Å².